The van der Waals surface area contributed by atoms with E-state index in [1.54, 1.807) is 0 Å². The fraction of sp³-hybridized carbons (Fsp3) is 0.333. The number of anilines is 1. The summed E-state index contributed by atoms with van der Waals surface area (Å²) < 4.78 is 42.8. The number of alkyl halides is 1. The van der Waals surface area contributed by atoms with Crippen LogP contribution in [0.15, 0.2) is 53.4 Å². The molecule has 1 saturated carbocycles. The van der Waals surface area contributed by atoms with Crippen molar-refractivity contribution in [1.29, 1.82) is 0 Å². The summed E-state index contributed by atoms with van der Waals surface area (Å²) in [6.07, 6.45) is 0.707. The number of hydrogen-bond acceptors (Lipinski definition) is 4. The Hall–Kier alpha value is -2.65. The molecule has 2 aromatic carbocycles. The standard InChI is InChI=1S/C21H22ClFN2O5S/c22-15-7-11-17(12-8-15)31(29,30)25(19-4-2-1-3-18(19)23)16-9-5-14(6-10-16)21(28)24-13-20(26)27/h5-12,18-19H,1-4,13H2,(H,24,28)(H,26,27). The van der Waals surface area contributed by atoms with Crippen LogP contribution in [0.25, 0.3) is 0 Å². The Balaban J connectivity index is 1.98. The zero-order valence-corrected chi connectivity index (χ0v) is 18.1. The molecule has 1 amide bonds. The molecule has 2 N–H and O–H groups in total. The minimum atomic E-state index is -4.10. The van der Waals surface area contributed by atoms with Crippen molar-refractivity contribution in [3.63, 3.8) is 0 Å². The van der Waals surface area contributed by atoms with Crippen LogP contribution in [0.5, 0.6) is 0 Å². The summed E-state index contributed by atoms with van der Waals surface area (Å²) in [5.41, 5.74) is 0.383. The average Bonchev–Trinajstić information content (AvgIpc) is 2.74. The highest BCUT2D eigenvalue weighted by molar-refractivity contribution is 7.92. The van der Waals surface area contributed by atoms with E-state index < -0.39 is 40.7 Å². The van der Waals surface area contributed by atoms with Crippen LogP contribution in [0.3, 0.4) is 0 Å². The monoisotopic (exact) mass is 468 g/mol. The van der Waals surface area contributed by atoms with Crippen LogP contribution in [-0.4, -0.2) is 44.2 Å². The SMILES string of the molecule is O=C(O)CNC(=O)c1ccc(N(C2CCCCC2F)S(=O)(=O)c2ccc(Cl)cc2)cc1. The van der Waals surface area contributed by atoms with Gasteiger partial charge in [-0.15, -0.1) is 0 Å². The molecule has 3 rings (SSSR count). The third kappa shape index (κ3) is 5.34. The number of halogens is 2. The molecular weight excluding hydrogens is 447 g/mol. The van der Waals surface area contributed by atoms with Crippen molar-refractivity contribution in [2.75, 3.05) is 10.8 Å². The first-order valence-corrected chi connectivity index (χ1v) is 11.6. The topological polar surface area (TPSA) is 104 Å². The Morgan fingerprint density at radius 2 is 1.68 bits per heavy atom. The van der Waals surface area contributed by atoms with Crippen LogP contribution in [0.4, 0.5) is 10.1 Å². The van der Waals surface area contributed by atoms with Crippen molar-refractivity contribution in [2.45, 2.75) is 42.8 Å². The molecule has 10 heteroatoms. The van der Waals surface area contributed by atoms with Gasteiger partial charge in [0.05, 0.1) is 16.6 Å². The van der Waals surface area contributed by atoms with E-state index >= 15 is 0 Å². The number of sulfonamides is 1. The number of carboxylic acid groups (broad SMARTS) is 1. The van der Waals surface area contributed by atoms with Gasteiger partial charge in [0.15, 0.2) is 0 Å². The molecule has 0 aromatic heterocycles. The van der Waals surface area contributed by atoms with E-state index in [4.69, 9.17) is 16.7 Å². The average molecular weight is 469 g/mol. The fourth-order valence-corrected chi connectivity index (χ4v) is 5.40. The quantitative estimate of drug-likeness (QED) is 0.645. The van der Waals surface area contributed by atoms with Gasteiger partial charge in [-0.3, -0.25) is 13.9 Å². The van der Waals surface area contributed by atoms with Crippen LogP contribution in [0, 0.1) is 0 Å². The largest absolute Gasteiger partial charge is 0.480 e. The van der Waals surface area contributed by atoms with Gasteiger partial charge in [-0.2, -0.15) is 0 Å². The van der Waals surface area contributed by atoms with E-state index in [1.165, 1.54) is 48.5 Å². The molecule has 1 fully saturated rings. The van der Waals surface area contributed by atoms with E-state index in [9.17, 15) is 22.4 Å². The van der Waals surface area contributed by atoms with Crippen molar-refractivity contribution in [1.82, 2.24) is 5.32 Å². The number of carbonyl (C=O) groups excluding carboxylic acids is 1. The van der Waals surface area contributed by atoms with E-state index in [2.05, 4.69) is 5.32 Å². The molecule has 0 aliphatic heterocycles. The highest BCUT2D eigenvalue weighted by Gasteiger charge is 2.38. The van der Waals surface area contributed by atoms with Gasteiger partial charge >= 0.3 is 5.97 Å². The van der Waals surface area contributed by atoms with Crippen molar-refractivity contribution in [3.05, 3.63) is 59.1 Å². The molecule has 0 radical (unpaired) electrons. The molecule has 166 valence electrons. The zero-order valence-electron chi connectivity index (χ0n) is 16.5. The minimum Gasteiger partial charge on any atom is -0.480 e. The molecule has 2 atom stereocenters. The fourth-order valence-electron chi connectivity index (χ4n) is 3.58. The van der Waals surface area contributed by atoms with Crippen molar-refractivity contribution in [3.8, 4) is 0 Å². The normalized spacial score (nSPS) is 18.9. The van der Waals surface area contributed by atoms with E-state index in [0.717, 1.165) is 4.31 Å². The Kier molecular flexibility index (Phi) is 7.17. The zero-order chi connectivity index (χ0) is 22.6. The second kappa shape index (κ2) is 9.65. The van der Waals surface area contributed by atoms with Crippen LogP contribution in [0.2, 0.25) is 5.02 Å². The summed E-state index contributed by atoms with van der Waals surface area (Å²) in [6, 6.07) is 10.4. The van der Waals surface area contributed by atoms with Crippen molar-refractivity contribution >= 4 is 39.2 Å². The first-order chi connectivity index (χ1) is 14.7. The lowest BCUT2D eigenvalue weighted by Crippen LogP contribution is -2.47. The van der Waals surface area contributed by atoms with Crippen LogP contribution < -0.4 is 9.62 Å². The lowest BCUT2D eigenvalue weighted by atomic mass is 9.93. The summed E-state index contributed by atoms with van der Waals surface area (Å²) in [4.78, 5) is 22.7. The van der Waals surface area contributed by atoms with Crippen LogP contribution >= 0.6 is 11.6 Å². The van der Waals surface area contributed by atoms with Gasteiger partial charge in [0.1, 0.15) is 12.7 Å². The Morgan fingerprint density at radius 1 is 1.06 bits per heavy atom. The molecule has 0 heterocycles. The van der Waals surface area contributed by atoms with Gasteiger partial charge in [0.25, 0.3) is 15.9 Å². The van der Waals surface area contributed by atoms with Gasteiger partial charge in [-0.1, -0.05) is 24.4 Å². The van der Waals surface area contributed by atoms with E-state index in [1.807, 2.05) is 0 Å². The summed E-state index contributed by atoms with van der Waals surface area (Å²) >= 11 is 5.88. The van der Waals surface area contributed by atoms with Crippen LogP contribution in [0.1, 0.15) is 36.0 Å². The second-order valence-corrected chi connectivity index (χ2v) is 9.50. The van der Waals surface area contributed by atoms with Gasteiger partial charge in [-0.25, -0.2) is 12.8 Å². The number of benzene rings is 2. The molecule has 2 aromatic rings. The maximum atomic E-state index is 14.8. The summed E-state index contributed by atoms with van der Waals surface area (Å²) in [5.74, 6) is -1.79. The smallest absolute Gasteiger partial charge is 0.322 e. The number of rotatable bonds is 7. The predicted octanol–water partition coefficient (Wildman–Crippen LogP) is 3.63. The second-order valence-electron chi connectivity index (χ2n) is 7.25. The molecule has 2 unspecified atom stereocenters. The van der Waals surface area contributed by atoms with Gasteiger partial charge in [-0.05, 0) is 61.4 Å². The van der Waals surface area contributed by atoms with Gasteiger partial charge in [0.2, 0.25) is 0 Å². The highest BCUT2D eigenvalue weighted by Crippen LogP contribution is 2.34. The minimum absolute atomic E-state index is 0.0158. The number of hydrogen-bond donors (Lipinski definition) is 2. The maximum absolute atomic E-state index is 14.8. The molecule has 1 aliphatic rings. The third-order valence-electron chi connectivity index (χ3n) is 5.10. The number of amides is 1. The summed E-state index contributed by atoms with van der Waals surface area (Å²) in [6.45, 7) is -0.538. The van der Waals surface area contributed by atoms with Crippen LogP contribution in [-0.2, 0) is 14.8 Å². The Morgan fingerprint density at radius 3 is 2.26 bits per heavy atom. The van der Waals surface area contributed by atoms with Gasteiger partial charge < -0.3 is 10.4 Å². The molecular formula is C21H22ClFN2O5S. The molecule has 31 heavy (non-hydrogen) atoms. The number of nitrogens with one attached hydrogen (secondary N) is 1. The Labute approximate surface area is 184 Å². The summed E-state index contributed by atoms with van der Waals surface area (Å²) in [7, 11) is -4.10. The van der Waals surface area contributed by atoms with E-state index in [0.29, 0.717) is 24.3 Å². The maximum Gasteiger partial charge on any atom is 0.322 e. The van der Waals surface area contributed by atoms with E-state index in [-0.39, 0.29) is 22.6 Å². The molecule has 0 bridgehead atoms. The highest BCUT2D eigenvalue weighted by atomic mass is 35.5. The first kappa shape index (κ1) is 23.0. The molecule has 1 aliphatic carbocycles. The third-order valence-corrected chi connectivity index (χ3v) is 7.22. The Bertz CT molecular complexity index is 1040. The number of carbonyl (C=O) groups is 2. The molecule has 0 saturated heterocycles. The van der Waals surface area contributed by atoms with Gasteiger partial charge in [0, 0.05) is 10.6 Å². The lowest BCUT2D eigenvalue weighted by Gasteiger charge is -2.37. The molecule has 7 nitrogen and oxygen atoms in total. The lowest BCUT2D eigenvalue weighted by molar-refractivity contribution is -0.135. The predicted molar refractivity (Wildman–Crippen MR) is 115 cm³/mol. The number of nitrogens with zero attached hydrogens (tertiary/aromatic N) is 1. The summed E-state index contributed by atoms with van der Waals surface area (Å²) in [5, 5.41) is 11.3. The number of aliphatic carboxylic acids is 1. The number of carboxylic acids is 1. The molecule has 0 spiro atoms. The van der Waals surface area contributed by atoms with Crippen molar-refractivity contribution in [2.24, 2.45) is 0 Å². The first-order valence-electron chi connectivity index (χ1n) is 9.74. The van der Waals surface area contributed by atoms with Crippen molar-refractivity contribution < 1.29 is 27.5 Å².